The first kappa shape index (κ1) is 23.8. The van der Waals surface area contributed by atoms with Crippen LogP contribution in [0.15, 0.2) is 42.1 Å². The molecule has 0 spiro atoms. The summed E-state index contributed by atoms with van der Waals surface area (Å²) in [5.74, 6) is 0.569. The summed E-state index contributed by atoms with van der Waals surface area (Å²) in [5, 5.41) is 14.8. The van der Waals surface area contributed by atoms with Crippen LogP contribution in [0.25, 0.3) is 0 Å². The summed E-state index contributed by atoms with van der Waals surface area (Å²) in [7, 11) is 1.50. The van der Waals surface area contributed by atoms with Gasteiger partial charge >= 0.3 is 5.97 Å². The molecule has 1 aromatic heterocycles. The number of benzene rings is 1. The van der Waals surface area contributed by atoms with Crippen molar-refractivity contribution in [2.75, 3.05) is 38.7 Å². The predicted molar refractivity (Wildman–Crippen MR) is 120 cm³/mol. The zero-order valence-electron chi connectivity index (χ0n) is 19.2. The van der Waals surface area contributed by atoms with Gasteiger partial charge in [-0.25, -0.2) is 4.79 Å². The third-order valence-corrected chi connectivity index (χ3v) is 5.24. The Morgan fingerprint density at radius 1 is 1.27 bits per heavy atom. The van der Waals surface area contributed by atoms with E-state index in [0.717, 1.165) is 0 Å². The van der Waals surface area contributed by atoms with E-state index in [4.69, 9.17) is 14.2 Å². The van der Waals surface area contributed by atoms with Crippen molar-refractivity contribution in [2.24, 2.45) is 0 Å². The summed E-state index contributed by atoms with van der Waals surface area (Å²) < 4.78 is 18.0. The van der Waals surface area contributed by atoms with Gasteiger partial charge < -0.3 is 24.4 Å². The minimum absolute atomic E-state index is 0.0709. The van der Waals surface area contributed by atoms with E-state index in [1.54, 1.807) is 30.0 Å². The Bertz CT molecular complexity index is 1060. The van der Waals surface area contributed by atoms with Gasteiger partial charge in [-0.2, -0.15) is 4.68 Å². The van der Waals surface area contributed by atoms with Crippen molar-refractivity contribution in [2.45, 2.75) is 26.8 Å². The number of likely N-dealkylation sites (N-methyl/N-ethyl adjacent to an activating group) is 1. The van der Waals surface area contributed by atoms with Crippen molar-refractivity contribution in [3.63, 3.8) is 0 Å². The maximum atomic E-state index is 12.9. The normalized spacial score (nSPS) is 14.7. The van der Waals surface area contributed by atoms with E-state index in [9.17, 15) is 9.59 Å². The van der Waals surface area contributed by atoms with Crippen LogP contribution in [0.4, 0.5) is 5.95 Å². The third-order valence-electron chi connectivity index (χ3n) is 5.24. The summed E-state index contributed by atoms with van der Waals surface area (Å²) in [6, 6.07) is 4.54. The molecule has 0 fully saturated rings. The zero-order chi connectivity index (χ0) is 24.0. The zero-order valence-corrected chi connectivity index (χ0v) is 19.2. The molecule has 0 saturated heterocycles. The average Bonchev–Trinajstić information content (AvgIpc) is 3.29. The van der Waals surface area contributed by atoms with Gasteiger partial charge in [0.1, 0.15) is 12.6 Å². The summed E-state index contributed by atoms with van der Waals surface area (Å²) >= 11 is 0. The summed E-state index contributed by atoms with van der Waals surface area (Å²) in [5.41, 5.74) is 1.60. The SMILES string of the molecule is C=CCOC(=O)C1=C(C)Nc2nnnn2C1c1ccc(OCC(=O)N(CC)CC)c(OC)c1. The quantitative estimate of drug-likeness (QED) is 0.422. The Hall–Kier alpha value is -3.89. The summed E-state index contributed by atoms with van der Waals surface area (Å²) in [6.07, 6.45) is 1.50. The number of allylic oxidation sites excluding steroid dienone is 1. The van der Waals surface area contributed by atoms with Crippen molar-refractivity contribution >= 4 is 17.8 Å². The smallest absolute Gasteiger partial charge is 0.338 e. The minimum atomic E-state index is -0.658. The van der Waals surface area contributed by atoms with Crippen LogP contribution >= 0.6 is 0 Å². The lowest BCUT2D eigenvalue weighted by Crippen LogP contribution is -2.34. The molecule has 1 unspecified atom stereocenters. The largest absolute Gasteiger partial charge is 0.493 e. The van der Waals surface area contributed by atoms with Crippen molar-refractivity contribution < 1.29 is 23.8 Å². The number of hydrogen-bond donors (Lipinski definition) is 1. The Balaban J connectivity index is 1.94. The third kappa shape index (κ3) is 4.97. The number of amides is 1. The highest BCUT2D eigenvalue weighted by atomic mass is 16.5. The molecule has 11 nitrogen and oxygen atoms in total. The molecular weight excluding hydrogens is 428 g/mol. The van der Waals surface area contributed by atoms with E-state index in [1.165, 1.54) is 17.9 Å². The maximum absolute atomic E-state index is 12.9. The van der Waals surface area contributed by atoms with Gasteiger partial charge in [0, 0.05) is 18.8 Å². The number of nitrogens with zero attached hydrogens (tertiary/aromatic N) is 5. The Labute approximate surface area is 192 Å². The lowest BCUT2D eigenvalue weighted by atomic mass is 9.95. The average molecular weight is 457 g/mol. The van der Waals surface area contributed by atoms with E-state index in [2.05, 4.69) is 27.4 Å². The first-order valence-corrected chi connectivity index (χ1v) is 10.6. The van der Waals surface area contributed by atoms with Crippen LogP contribution in [0, 0.1) is 0 Å². The number of methoxy groups -OCH3 is 1. The number of ether oxygens (including phenoxy) is 3. The summed E-state index contributed by atoms with van der Waals surface area (Å²) in [4.78, 5) is 26.8. The van der Waals surface area contributed by atoms with Gasteiger partial charge in [-0.15, -0.1) is 0 Å². The molecule has 3 rings (SSSR count). The number of nitrogens with one attached hydrogen (secondary N) is 1. The van der Waals surface area contributed by atoms with Gasteiger partial charge in [0.25, 0.3) is 5.91 Å². The molecule has 1 N–H and O–H groups in total. The number of carbonyl (C=O) groups excluding carboxylic acids is 2. The second kappa shape index (κ2) is 10.6. The molecule has 1 amide bonds. The fraction of sp³-hybridized carbons (Fsp3) is 0.409. The Kier molecular flexibility index (Phi) is 7.65. The molecule has 2 aromatic rings. The van der Waals surface area contributed by atoms with E-state index >= 15 is 0 Å². The number of fused-ring (bicyclic) bond motifs is 1. The number of hydrogen-bond acceptors (Lipinski definition) is 9. The monoisotopic (exact) mass is 456 g/mol. The van der Waals surface area contributed by atoms with Gasteiger partial charge in [-0.1, -0.05) is 23.8 Å². The number of esters is 1. The van der Waals surface area contributed by atoms with E-state index in [1.807, 2.05) is 13.8 Å². The number of carbonyl (C=O) groups is 2. The first-order valence-electron chi connectivity index (χ1n) is 10.6. The number of anilines is 1. The summed E-state index contributed by atoms with van der Waals surface area (Å²) in [6.45, 7) is 10.3. The highest BCUT2D eigenvalue weighted by Crippen LogP contribution is 2.38. The molecule has 0 saturated carbocycles. The lowest BCUT2D eigenvalue weighted by Gasteiger charge is -2.27. The van der Waals surface area contributed by atoms with Crippen molar-refractivity contribution in [1.29, 1.82) is 0 Å². The van der Waals surface area contributed by atoms with Crippen LogP contribution in [0.3, 0.4) is 0 Å². The topological polar surface area (TPSA) is 121 Å². The van der Waals surface area contributed by atoms with Gasteiger partial charge in [-0.05, 0) is 48.9 Å². The fourth-order valence-corrected chi connectivity index (χ4v) is 3.58. The highest BCUT2D eigenvalue weighted by molar-refractivity contribution is 5.92. The Morgan fingerprint density at radius 3 is 2.70 bits per heavy atom. The highest BCUT2D eigenvalue weighted by Gasteiger charge is 2.35. The van der Waals surface area contributed by atoms with Gasteiger partial charge in [-0.3, -0.25) is 4.79 Å². The molecule has 176 valence electrons. The van der Waals surface area contributed by atoms with E-state index < -0.39 is 12.0 Å². The molecular formula is C22H28N6O5. The van der Waals surface area contributed by atoms with Gasteiger partial charge in [0.2, 0.25) is 5.95 Å². The van der Waals surface area contributed by atoms with Crippen LogP contribution in [-0.4, -0.2) is 70.4 Å². The first-order chi connectivity index (χ1) is 15.9. The van der Waals surface area contributed by atoms with E-state index in [0.29, 0.717) is 47.4 Å². The molecule has 0 bridgehead atoms. The van der Waals surface area contributed by atoms with Gasteiger partial charge in [0.05, 0.1) is 12.7 Å². The van der Waals surface area contributed by atoms with Crippen LogP contribution in [0.1, 0.15) is 32.4 Å². The maximum Gasteiger partial charge on any atom is 0.338 e. The second-order valence-electron chi connectivity index (χ2n) is 7.17. The number of rotatable bonds is 10. The minimum Gasteiger partial charge on any atom is -0.493 e. The van der Waals surface area contributed by atoms with Gasteiger partial charge in [0.15, 0.2) is 18.1 Å². The number of aromatic nitrogens is 4. The number of tetrazole rings is 1. The van der Waals surface area contributed by atoms with Crippen LogP contribution in [0.2, 0.25) is 0 Å². The molecule has 0 radical (unpaired) electrons. The molecule has 1 aliphatic rings. The van der Waals surface area contributed by atoms with E-state index in [-0.39, 0.29) is 19.1 Å². The standard InChI is InChI=1S/C22H28N6O5/c1-6-11-32-21(30)19-14(4)23-22-24-25-26-28(22)20(19)15-9-10-16(17(12-15)31-5)33-13-18(29)27(7-2)8-3/h6,9-10,12,20H,1,7-8,11,13H2,2-5H3,(H,23,24,26). The van der Waals surface area contributed by atoms with Crippen LogP contribution < -0.4 is 14.8 Å². The lowest BCUT2D eigenvalue weighted by molar-refractivity contribution is -0.138. The molecule has 11 heteroatoms. The second-order valence-corrected chi connectivity index (χ2v) is 7.17. The molecule has 1 aliphatic heterocycles. The molecule has 1 aromatic carbocycles. The fourth-order valence-electron chi connectivity index (χ4n) is 3.58. The Morgan fingerprint density at radius 2 is 2.03 bits per heavy atom. The molecule has 33 heavy (non-hydrogen) atoms. The van der Waals surface area contributed by atoms with Crippen LogP contribution in [0.5, 0.6) is 11.5 Å². The van der Waals surface area contributed by atoms with Crippen LogP contribution in [-0.2, 0) is 14.3 Å². The van der Waals surface area contributed by atoms with Crippen molar-refractivity contribution in [3.05, 3.63) is 47.7 Å². The van der Waals surface area contributed by atoms with Crippen molar-refractivity contribution in [1.82, 2.24) is 25.1 Å². The molecule has 1 atom stereocenters. The predicted octanol–water partition coefficient (Wildman–Crippen LogP) is 1.95. The molecule has 2 heterocycles. The van der Waals surface area contributed by atoms with Crippen molar-refractivity contribution in [3.8, 4) is 11.5 Å². The molecule has 0 aliphatic carbocycles.